The molecule has 1 amide bonds. The Balaban J connectivity index is 2.83. The zero-order valence-corrected chi connectivity index (χ0v) is 9.51. The lowest BCUT2D eigenvalue weighted by Gasteiger charge is -2.18. The number of nitrogens with zero attached hydrogens (tertiary/aromatic N) is 1. The van der Waals surface area contributed by atoms with Crippen molar-refractivity contribution in [2.45, 2.75) is 26.3 Å². The first-order valence-corrected chi connectivity index (χ1v) is 6.49. The van der Waals surface area contributed by atoms with Gasteiger partial charge in [0.15, 0.2) is 0 Å². The van der Waals surface area contributed by atoms with Crippen LogP contribution in [0.3, 0.4) is 0 Å². The van der Waals surface area contributed by atoms with Crippen LogP contribution in [-0.2, 0) is 14.0 Å². The summed E-state index contributed by atoms with van der Waals surface area (Å²) in [5, 5.41) is 0. The number of rotatable bonds is 3. The maximum atomic E-state index is 11.1. The van der Waals surface area contributed by atoms with Gasteiger partial charge in [-0.05, 0) is 12.3 Å². The minimum absolute atomic E-state index is 0.0863. The second kappa shape index (κ2) is 3.94. The minimum Gasteiger partial charge on any atom is -0.446 e. The highest BCUT2D eigenvalue weighted by Crippen LogP contribution is 2.24. The molecule has 0 radical (unpaired) electrons. The topological polar surface area (TPSA) is 63.7 Å². The summed E-state index contributed by atoms with van der Waals surface area (Å²) >= 11 is 0. The molecule has 1 rings (SSSR count). The van der Waals surface area contributed by atoms with Crippen LogP contribution >= 0.6 is 10.7 Å². The van der Waals surface area contributed by atoms with E-state index in [-0.39, 0.29) is 12.5 Å². The van der Waals surface area contributed by atoms with Gasteiger partial charge in [-0.2, -0.15) is 12.7 Å². The van der Waals surface area contributed by atoms with Crippen molar-refractivity contribution >= 4 is 26.0 Å². The Morgan fingerprint density at radius 1 is 1.64 bits per heavy atom. The first kappa shape index (κ1) is 11.6. The standard InChI is InChI=1S/C7H12ClNO4S/c1-5(2)3-6-4-13-7(10)9(6)14(8,11)12/h5-6H,3-4H2,1-2H3/t6-/m0/s1. The second-order valence-electron chi connectivity index (χ2n) is 3.60. The highest BCUT2D eigenvalue weighted by atomic mass is 35.7. The lowest BCUT2D eigenvalue weighted by molar-refractivity contribution is 0.170. The van der Waals surface area contributed by atoms with Crippen LogP contribution in [0.1, 0.15) is 20.3 Å². The summed E-state index contributed by atoms with van der Waals surface area (Å²) in [6, 6.07) is -0.468. The van der Waals surface area contributed by atoms with E-state index in [0.717, 1.165) is 0 Å². The fourth-order valence-electron chi connectivity index (χ4n) is 1.42. The van der Waals surface area contributed by atoms with Crippen molar-refractivity contribution in [3.63, 3.8) is 0 Å². The van der Waals surface area contributed by atoms with Gasteiger partial charge in [-0.3, -0.25) is 0 Å². The van der Waals surface area contributed by atoms with Gasteiger partial charge in [0.05, 0.1) is 6.04 Å². The zero-order chi connectivity index (χ0) is 10.9. The first-order valence-electron chi connectivity index (χ1n) is 4.23. The quantitative estimate of drug-likeness (QED) is 0.700. The Labute approximate surface area is 87.5 Å². The molecule has 1 fully saturated rings. The summed E-state index contributed by atoms with van der Waals surface area (Å²) in [5.41, 5.74) is 0. The average Bonchev–Trinajstić information content (AvgIpc) is 2.28. The monoisotopic (exact) mass is 241 g/mol. The fraction of sp³-hybridized carbons (Fsp3) is 0.857. The molecule has 0 aliphatic carbocycles. The number of carbonyl (C=O) groups is 1. The average molecular weight is 242 g/mol. The van der Waals surface area contributed by atoms with Crippen LogP contribution in [0.2, 0.25) is 0 Å². The van der Waals surface area contributed by atoms with E-state index in [4.69, 9.17) is 10.7 Å². The van der Waals surface area contributed by atoms with Gasteiger partial charge in [-0.15, -0.1) is 0 Å². The Kier molecular flexibility index (Phi) is 3.26. The molecule has 0 aromatic rings. The number of amides is 1. The van der Waals surface area contributed by atoms with Crippen LogP contribution in [0.25, 0.3) is 0 Å². The highest BCUT2D eigenvalue weighted by Gasteiger charge is 2.40. The molecule has 1 aliphatic heterocycles. The Morgan fingerprint density at radius 2 is 2.21 bits per heavy atom. The molecule has 1 atom stereocenters. The molecule has 7 heteroatoms. The lowest BCUT2D eigenvalue weighted by Crippen LogP contribution is -2.36. The van der Waals surface area contributed by atoms with Gasteiger partial charge in [0.2, 0.25) is 0 Å². The number of hydrogen-bond donors (Lipinski definition) is 0. The number of halogens is 1. The van der Waals surface area contributed by atoms with E-state index >= 15 is 0 Å². The molecule has 0 N–H and O–H groups in total. The van der Waals surface area contributed by atoms with Crippen molar-refractivity contribution in [3.05, 3.63) is 0 Å². The third kappa shape index (κ3) is 2.51. The molecule has 1 heterocycles. The molecule has 0 aromatic heterocycles. The van der Waals surface area contributed by atoms with Crippen molar-refractivity contribution in [2.75, 3.05) is 6.61 Å². The fourth-order valence-corrected chi connectivity index (χ4v) is 2.66. The third-order valence-electron chi connectivity index (χ3n) is 1.89. The molecule has 0 aromatic carbocycles. The van der Waals surface area contributed by atoms with Gasteiger partial charge in [-0.25, -0.2) is 4.79 Å². The van der Waals surface area contributed by atoms with Crippen molar-refractivity contribution < 1.29 is 17.9 Å². The molecule has 14 heavy (non-hydrogen) atoms. The van der Waals surface area contributed by atoms with Gasteiger partial charge in [0.25, 0.3) is 0 Å². The second-order valence-corrected chi connectivity index (χ2v) is 5.99. The van der Waals surface area contributed by atoms with Gasteiger partial charge in [0.1, 0.15) is 6.61 Å². The van der Waals surface area contributed by atoms with Gasteiger partial charge in [-0.1, -0.05) is 13.8 Å². The third-order valence-corrected chi connectivity index (χ3v) is 3.25. The largest absolute Gasteiger partial charge is 0.446 e. The van der Waals surface area contributed by atoms with Crippen molar-refractivity contribution in [3.8, 4) is 0 Å². The first-order chi connectivity index (χ1) is 6.32. The lowest BCUT2D eigenvalue weighted by atomic mass is 10.1. The molecular formula is C7H12ClNO4S. The Hall–Kier alpha value is -0.490. The van der Waals surface area contributed by atoms with Crippen LogP contribution in [0.5, 0.6) is 0 Å². The van der Waals surface area contributed by atoms with E-state index in [1.807, 2.05) is 13.8 Å². The van der Waals surface area contributed by atoms with Gasteiger partial charge >= 0.3 is 15.3 Å². The zero-order valence-electron chi connectivity index (χ0n) is 7.94. The van der Waals surface area contributed by atoms with Crippen LogP contribution in [0.15, 0.2) is 0 Å². The number of carbonyl (C=O) groups excluding carboxylic acids is 1. The maximum Gasteiger partial charge on any atom is 0.424 e. The summed E-state index contributed by atoms with van der Waals surface area (Å²) < 4.78 is 27.3. The van der Waals surface area contributed by atoms with Crippen LogP contribution in [0.4, 0.5) is 4.79 Å². The summed E-state index contributed by atoms with van der Waals surface area (Å²) in [4.78, 5) is 11.1. The molecule has 1 aliphatic rings. The SMILES string of the molecule is CC(C)C[C@H]1COC(=O)N1S(=O)(=O)Cl. The van der Waals surface area contributed by atoms with E-state index in [1.165, 1.54) is 0 Å². The van der Waals surface area contributed by atoms with Crippen molar-refractivity contribution in [1.82, 2.24) is 4.31 Å². The molecule has 1 saturated heterocycles. The van der Waals surface area contributed by atoms with Crippen molar-refractivity contribution in [2.24, 2.45) is 5.92 Å². The predicted octanol–water partition coefficient (Wildman–Crippen LogP) is 1.34. The highest BCUT2D eigenvalue weighted by molar-refractivity contribution is 8.12. The summed E-state index contributed by atoms with van der Waals surface area (Å²) in [6.07, 6.45) is -0.330. The number of hydrogen-bond acceptors (Lipinski definition) is 4. The molecule has 0 bridgehead atoms. The van der Waals surface area contributed by atoms with Gasteiger partial charge < -0.3 is 4.74 Å². The molecule has 0 saturated carbocycles. The predicted molar refractivity (Wildman–Crippen MR) is 51.2 cm³/mol. The van der Waals surface area contributed by atoms with E-state index in [9.17, 15) is 13.2 Å². The summed E-state index contributed by atoms with van der Waals surface area (Å²) in [6.45, 7) is 3.95. The van der Waals surface area contributed by atoms with E-state index in [0.29, 0.717) is 10.7 Å². The van der Waals surface area contributed by atoms with Crippen LogP contribution < -0.4 is 0 Å². The summed E-state index contributed by atoms with van der Waals surface area (Å²) in [5.74, 6) is 0.274. The minimum atomic E-state index is -4.02. The maximum absolute atomic E-state index is 11.1. The number of ether oxygens (including phenoxy) is 1. The van der Waals surface area contributed by atoms with E-state index in [2.05, 4.69) is 4.74 Å². The summed E-state index contributed by atoms with van der Waals surface area (Å²) in [7, 11) is 1.09. The molecular weight excluding hydrogens is 230 g/mol. The smallest absolute Gasteiger partial charge is 0.424 e. The molecule has 0 spiro atoms. The van der Waals surface area contributed by atoms with E-state index in [1.54, 1.807) is 0 Å². The van der Waals surface area contributed by atoms with Crippen LogP contribution in [-0.4, -0.2) is 31.5 Å². The Morgan fingerprint density at radius 3 is 2.64 bits per heavy atom. The van der Waals surface area contributed by atoms with Crippen molar-refractivity contribution in [1.29, 1.82) is 0 Å². The molecule has 5 nitrogen and oxygen atoms in total. The number of cyclic esters (lactones) is 1. The van der Waals surface area contributed by atoms with Crippen LogP contribution in [0, 0.1) is 5.92 Å². The van der Waals surface area contributed by atoms with Gasteiger partial charge in [0, 0.05) is 10.7 Å². The van der Waals surface area contributed by atoms with E-state index < -0.39 is 21.4 Å². The normalized spacial score (nSPS) is 23.0. The molecule has 0 unspecified atom stereocenters. The molecule has 82 valence electrons. The Bertz CT molecular complexity index is 327.